The first kappa shape index (κ1) is 14.6. The SMILES string of the molecule is CC1(NC(=O)c2cc(Cl)cc(S(=O)(=O)Cl)c2F)CC1. The van der Waals surface area contributed by atoms with Gasteiger partial charge in [0.15, 0.2) is 5.82 Å². The van der Waals surface area contributed by atoms with Gasteiger partial charge in [0.1, 0.15) is 4.90 Å². The minimum atomic E-state index is -4.31. The first-order chi connectivity index (χ1) is 8.62. The average molecular weight is 326 g/mol. The van der Waals surface area contributed by atoms with Gasteiger partial charge >= 0.3 is 0 Å². The normalized spacial score (nSPS) is 17.1. The van der Waals surface area contributed by atoms with Crippen LogP contribution in [0, 0.1) is 5.82 Å². The molecule has 0 radical (unpaired) electrons. The van der Waals surface area contributed by atoms with Gasteiger partial charge in [-0.05, 0) is 31.9 Å². The standard InChI is InChI=1S/C11H10Cl2FNO3S/c1-11(2-3-11)15-10(16)7-4-6(12)5-8(9(7)14)19(13,17)18/h4-5H,2-3H2,1H3,(H,15,16). The van der Waals surface area contributed by atoms with Crippen LogP contribution in [0.3, 0.4) is 0 Å². The summed E-state index contributed by atoms with van der Waals surface area (Å²) in [6.45, 7) is 1.81. The molecule has 19 heavy (non-hydrogen) atoms. The summed E-state index contributed by atoms with van der Waals surface area (Å²) < 4.78 is 36.4. The molecule has 0 unspecified atom stereocenters. The fourth-order valence-corrected chi connectivity index (χ4v) is 2.77. The van der Waals surface area contributed by atoms with Crippen molar-refractivity contribution in [3.63, 3.8) is 0 Å². The number of amides is 1. The van der Waals surface area contributed by atoms with Crippen molar-refractivity contribution in [3.05, 3.63) is 28.5 Å². The van der Waals surface area contributed by atoms with Crippen molar-refractivity contribution in [2.45, 2.75) is 30.2 Å². The Balaban J connectivity index is 2.46. The molecular formula is C11H10Cl2FNO3S. The van der Waals surface area contributed by atoms with Crippen molar-refractivity contribution < 1.29 is 17.6 Å². The van der Waals surface area contributed by atoms with Gasteiger partial charge in [0, 0.05) is 21.2 Å². The highest BCUT2D eigenvalue weighted by Crippen LogP contribution is 2.35. The van der Waals surface area contributed by atoms with Crippen molar-refractivity contribution in [1.29, 1.82) is 0 Å². The van der Waals surface area contributed by atoms with E-state index in [1.165, 1.54) is 0 Å². The number of hydrogen-bond donors (Lipinski definition) is 1. The Bertz CT molecular complexity index is 656. The Kier molecular flexibility index (Phi) is 3.53. The van der Waals surface area contributed by atoms with E-state index in [1.807, 2.05) is 6.92 Å². The van der Waals surface area contributed by atoms with Gasteiger partial charge in [0.25, 0.3) is 15.0 Å². The van der Waals surface area contributed by atoms with E-state index in [1.54, 1.807) is 0 Å². The van der Waals surface area contributed by atoms with E-state index in [-0.39, 0.29) is 10.6 Å². The van der Waals surface area contributed by atoms with E-state index < -0.39 is 31.2 Å². The summed E-state index contributed by atoms with van der Waals surface area (Å²) in [6.07, 6.45) is 1.59. The van der Waals surface area contributed by atoms with Crippen LogP contribution in [-0.2, 0) is 9.05 Å². The molecule has 0 heterocycles. The minimum absolute atomic E-state index is 0.0771. The van der Waals surface area contributed by atoms with Crippen LogP contribution in [-0.4, -0.2) is 19.9 Å². The Morgan fingerprint density at radius 2 is 2.00 bits per heavy atom. The van der Waals surface area contributed by atoms with Crippen LogP contribution >= 0.6 is 22.3 Å². The lowest BCUT2D eigenvalue weighted by Crippen LogP contribution is -2.34. The van der Waals surface area contributed by atoms with Gasteiger partial charge in [-0.25, -0.2) is 12.8 Å². The van der Waals surface area contributed by atoms with E-state index >= 15 is 0 Å². The smallest absolute Gasteiger partial charge is 0.264 e. The molecular weight excluding hydrogens is 316 g/mol. The summed E-state index contributed by atoms with van der Waals surface area (Å²) in [5.41, 5.74) is -0.786. The molecule has 0 atom stereocenters. The molecule has 1 aromatic rings. The van der Waals surface area contributed by atoms with Gasteiger partial charge in [0.2, 0.25) is 0 Å². The predicted molar refractivity (Wildman–Crippen MR) is 69.6 cm³/mol. The van der Waals surface area contributed by atoms with Crippen molar-refractivity contribution in [2.24, 2.45) is 0 Å². The first-order valence-corrected chi connectivity index (χ1v) is 8.07. The maximum absolute atomic E-state index is 14.0. The zero-order chi connectivity index (χ0) is 14.4. The van der Waals surface area contributed by atoms with Crippen LogP contribution in [0.4, 0.5) is 4.39 Å². The molecule has 1 N–H and O–H groups in total. The van der Waals surface area contributed by atoms with Crippen LogP contribution in [0.1, 0.15) is 30.1 Å². The van der Waals surface area contributed by atoms with Crippen molar-refractivity contribution in [3.8, 4) is 0 Å². The number of halogens is 3. The lowest BCUT2D eigenvalue weighted by atomic mass is 10.2. The zero-order valence-corrected chi connectivity index (χ0v) is 12.2. The van der Waals surface area contributed by atoms with Gasteiger partial charge in [-0.3, -0.25) is 4.79 Å². The molecule has 0 bridgehead atoms. The zero-order valence-electron chi connectivity index (χ0n) is 9.84. The van der Waals surface area contributed by atoms with Gasteiger partial charge in [0.05, 0.1) is 5.56 Å². The monoisotopic (exact) mass is 325 g/mol. The molecule has 1 fully saturated rings. The predicted octanol–water partition coefficient (Wildman–Crippen LogP) is 2.69. The third kappa shape index (κ3) is 3.19. The number of nitrogens with one attached hydrogen (secondary N) is 1. The van der Waals surface area contributed by atoms with Gasteiger partial charge < -0.3 is 5.32 Å². The summed E-state index contributed by atoms with van der Waals surface area (Å²) in [5.74, 6) is -1.90. The maximum atomic E-state index is 14.0. The fourth-order valence-electron chi connectivity index (χ4n) is 1.56. The molecule has 0 aromatic heterocycles. The van der Waals surface area contributed by atoms with E-state index in [0.717, 1.165) is 25.0 Å². The Morgan fingerprint density at radius 1 is 1.42 bits per heavy atom. The van der Waals surface area contributed by atoms with Crippen LogP contribution in [0.15, 0.2) is 17.0 Å². The highest BCUT2D eigenvalue weighted by atomic mass is 35.7. The van der Waals surface area contributed by atoms with Gasteiger partial charge in [-0.2, -0.15) is 0 Å². The lowest BCUT2D eigenvalue weighted by Gasteiger charge is -2.13. The number of carbonyl (C=O) groups excluding carboxylic acids is 1. The van der Waals surface area contributed by atoms with Crippen molar-refractivity contribution >= 4 is 37.2 Å². The number of benzene rings is 1. The molecule has 0 saturated heterocycles. The summed E-state index contributed by atoms with van der Waals surface area (Å²) in [5, 5.41) is 2.54. The minimum Gasteiger partial charge on any atom is -0.347 e. The molecule has 1 aliphatic rings. The van der Waals surface area contributed by atoms with Crippen molar-refractivity contribution in [1.82, 2.24) is 5.32 Å². The third-order valence-corrected chi connectivity index (χ3v) is 4.47. The third-order valence-electron chi connectivity index (χ3n) is 2.93. The van der Waals surface area contributed by atoms with Crippen LogP contribution < -0.4 is 5.32 Å². The molecule has 1 aliphatic carbocycles. The molecule has 104 valence electrons. The second-order valence-corrected chi connectivity index (χ2v) is 7.69. The topological polar surface area (TPSA) is 63.2 Å². The Morgan fingerprint density at radius 3 is 2.47 bits per heavy atom. The summed E-state index contributed by atoms with van der Waals surface area (Å²) in [4.78, 5) is 11.1. The second-order valence-electron chi connectivity index (χ2n) is 4.72. The summed E-state index contributed by atoms with van der Waals surface area (Å²) in [6, 6.07) is 1.94. The number of hydrogen-bond acceptors (Lipinski definition) is 3. The highest BCUT2D eigenvalue weighted by molar-refractivity contribution is 8.13. The summed E-state index contributed by atoms with van der Waals surface area (Å²) >= 11 is 5.69. The molecule has 1 aromatic carbocycles. The molecule has 0 spiro atoms. The molecule has 0 aliphatic heterocycles. The second kappa shape index (κ2) is 4.61. The van der Waals surface area contributed by atoms with Crippen LogP contribution in [0.5, 0.6) is 0 Å². The fraction of sp³-hybridized carbons (Fsp3) is 0.364. The summed E-state index contributed by atoms with van der Waals surface area (Å²) in [7, 11) is 0.792. The Hall–Kier alpha value is -0.850. The van der Waals surface area contributed by atoms with Gasteiger partial charge in [-0.15, -0.1) is 0 Å². The molecule has 2 rings (SSSR count). The lowest BCUT2D eigenvalue weighted by molar-refractivity contribution is 0.0931. The quantitative estimate of drug-likeness (QED) is 0.869. The molecule has 4 nitrogen and oxygen atoms in total. The van der Waals surface area contributed by atoms with E-state index in [2.05, 4.69) is 5.32 Å². The molecule has 1 amide bonds. The van der Waals surface area contributed by atoms with Gasteiger partial charge in [-0.1, -0.05) is 11.6 Å². The Labute approximate surface area is 119 Å². The average Bonchev–Trinajstić information content (AvgIpc) is 2.97. The first-order valence-electron chi connectivity index (χ1n) is 5.39. The van der Waals surface area contributed by atoms with Crippen LogP contribution in [0.25, 0.3) is 0 Å². The van der Waals surface area contributed by atoms with E-state index in [9.17, 15) is 17.6 Å². The largest absolute Gasteiger partial charge is 0.347 e. The highest BCUT2D eigenvalue weighted by Gasteiger charge is 2.39. The van der Waals surface area contributed by atoms with E-state index in [4.69, 9.17) is 22.3 Å². The van der Waals surface area contributed by atoms with Crippen molar-refractivity contribution in [2.75, 3.05) is 0 Å². The number of carbonyl (C=O) groups is 1. The van der Waals surface area contributed by atoms with E-state index in [0.29, 0.717) is 0 Å². The number of rotatable bonds is 3. The molecule has 1 saturated carbocycles. The van der Waals surface area contributed by atoms with Crippen LogP contribution in [0.2, 0.25) is 5.02 Å². The maximum Gasteiger partial charge on any atom is 0.264 e. The molecule has 8 heteroatoms.